The average molecular weight is 913 g/mol. The third kappa shape index (κ3) is 8.34. The molecule has 2 aliphatic heterocycles. The highest BCUT2D eigenvalue weighted by atomic mass is 16.6. The van der Waals surface area contributed by atoms with Crippen LogP contribution in [0.1, 0.15) is 28.7 Å². The number of aromatic nitrogens is 8. The van der Waals surface area contributed by atoms with Crippen molar-refractivity contribution in [2.24, 2.45) is 0 Å². The molecular formula is C50H44N10O8. The van der Waals surface area contributed by atoms with E-state index in [-0.39, 0.29) is 35.3 Å². The number of anilines is 2. The molecule has 0 aliphatic carbocycles. The normalized spacial score (nSPS) is 14.8. The summed E-state index contributed by atoms with van der Waals surface area (Å²) in [5.41, 5.74) is 3.38. The fraction of sp³-hybridized carbons (Fsp3) is 0.200. The predicted molar refractivity (Wildman–Crippen MR) is 255 cm³/mol. The highest BCUT2D eigenvalue weighted by Crippen LogP contribution is 2.32. The minimum Gasteiger partial charge on any atom is -0.486 e. The Labute approximate surface area is 387 Å². The molecule has 0 fully saturated rings. The Bertz CT molecular complexity index is 3450. The van der Waals surface area contributed by atoms with Gasteiger partial charge in [-0.15, -0.1) is 0 Å². The smallest absolute Gasteiger partial charge is 0.343 e. The molecule has 2 aliphatic rings. The lowest BCUT2D eigenvalue weighted by molar-refractivity contribution is 0.0523. The van der Waals surface area contributed by atoms with Gasteiger partial charge in [0.05, 0.1) is 41.5 Å². The number of fused-ring (bicyclic) bond motifs is 6. The van der Waals surface area contributed by atoms with E-state index in [4.69, 9.17) is 28.7 Å². The Kier molecular flexibility index (Phi) is 11.8. The van der Waals surface area contributed by atoms with Gasteiger partial charge in [0.1, 0.15) is 36.5 Å². The van der Waals surface area contributed by atoms with E-state index in [2.05, 4.69) is 35.8 Å². The lowest BCUT2D eigenvalue weighted by Crippen LogP contribution is -2.35. The van der Waals surface area contributed by atoms with Gasteiger partial charge in [0.2, 0.25) is 17.3 Å². The van der Waals surface area contributed by atoms with Crippen LogP contribution in [0.2, 0.25) is 0 Å². The van der Waals surface area contributed by atoms with Gasteiger partial charge < -0.3 is 34.3 Å². The number of nitrogens with one attached hydrogen (secondary N) is 3. The van der Waals surface area contributed by atoms with Gasteiger partial charge in [-0.2, -0.15) is 15.1 Å². The summed E-state index contributed by atoms with van der Waals surface area (Å²) in [5.74, 6) is 2.90. The molecule has 0 saturated carbocycles. The van der Waals surface area contributed by atoms with Crippen molar-refractivity contribution in [3.63, 3.8) is 0 Å². The summed E-state index contributed by atoms with van der Waals surface area (Å²) in [6, 6.07) is 33.9. The lowest BCUT2D eigenvalue weighted by Gasteiger charge is -2.26. The molecule has 4 aromatic carbocycles. The van der Waals surface area contributed by atoms with Crippen LogP contribution >= 0.6 is 0 Å². The van der Waals surface area contributed by atoms with Crippen LogP contribution in [0.5, 0.6) is 23.0 Å². The molecule has 0 bridgehead atoms. The maximum atomic E-state index is 13.4. The topological polar surface area (TPSA) is 212 Å². The highest BCUT2D eigenvalue weighted by Gasteiger charge is 2.26. The molecular weight excluding hydrogens is 869 g/mol. The molecule has 0 saturated heterocycles. The number of aromatic amines is 1. The third-order valence-electron chi connectivity index (χ3n) is 11.4. The first-order valence-corrected chi connectivity index (χ1v) is 22.0. The summed E-state index contributed by atoms with van der Waals surface area (Å²) < 4.78 is 32.1. The molecule has 0 unspecified atom stereocenters. The van der Waals surface area contributed by atoms with E-state index in [9.17, 15) is 14.4 Å². The number of hydrogen-bond acceptors (Lipinski definition) is 15. The van der Waals surface area contributed by atoms with Crippen molar-refractivity contribution >= 4 is 50.8 Å². The first-order valence-electron chi connectivity index (χ1n) is 22.0. The molecule has 0 amide bonds. The maximum absolute atomic E-state index is 13.4. The number of rotatable bonds is 10. The van der Waals surface area contributed by atoms with Crippen molar-refractivity contribution in [1.29, 1.82) is 0 Å². The Morgan fingerprint density at radius 3 is 1.75 bits per heavy atom. The van der Waals surface area contributed by atoms with Crippen molar-refractivity contribution in [2.75, 3.05) is 43.5 Å². The van der Waals surface area contributed by atoms with Crippen LogP contribution in [0.25, 0.3) is 44.3 Å². The molecule has 11 rings (SSSR count). The van der Waals surface area contributed by atoms with E-state index in [1.807, 2.05) is 116 Å². The second-order valence-electron chi connectivity index (χ2n) is 15.8. The number of pyridine rings is 2. The molecule has 68 heavy (non-hydrogen) atoms. The first-order chi connectivity index (χ1) is 33.2. The van der Waals surface area contributed by atoms with E-state index >= 15 is 0 Å². The number of para-hydroxylation sites is 6. The molecule has 0 radical (unpaired) electrons. The van der Waals surface area contributed by atoms with Gasteiger partial charge in [-0.3, -0.25) is 23.8 Å². The van der Waals surface area contributed by atoms with Crippen molar-refractivity contribution in [3.8, 4) is 34.4 Å². The standard InChI is InChI=1S/C26H24N4O5.C24H20N6O3/c1-3-33-25(32)22-16(2)30(17-9-5-4-6-10-17)24-19(23(22)31)14-28-26(29-24)27-13-18-15-34-20-11-7-8-12-21(20)35-18;1-14-20-21(29-28-14)17-12-26-24(25-11-16-13-32-18-9-5-6-10-19(18)33-16)27-22(17)30(23(20)31)15-7-3-2-4-8-15/h4-12,14,18H,3,13,15H2,1-2H3,(H,27,28,29);2-10,12,16H,11,13H2,1H3,(H,28,29)(H,25,26,27)/t18-;16-/m00/s1. The molecule has 18 heteroatoms. The van der Waals surface area contributed by atoms with Gasteiger partial charge in [0.25, 0.3) is 5.56 Å². The van der Waals surface area contributed by atoms with Crippen molar-refractivity contribution in [1.82, 2.24) is 39.3 Å². The Balaban J connectivity index is 0.000000159. The number of benzene rings is 4. The number of nitrogens with zero attached hydrogens (tertiary/aromatic N) is 7. The highest BCUT2D eigenvalue weighted by molar-refractivity contribution is 6.03. The SMILES string of the molecule is CCOC(=O)c1c(C)n(-c2ccccc2)c2nc(NC[C@H]3COc4ccccc4O3)ncc2c1=O.Cc1[nH]nc2c1c(=O)n(-c1ccccc1)c1nc(NC[C@H]3COc4ccccc4O3)ncc21. The zero-order chi connectivity index (χ0) is 46.7. The van der Waals surface area contributed by atoms with Crippen LogP contribution in [0.3, 0.4) is 0 Å². The van der Waals surface area contributed by atoms with Gasteiger partial charge in [-0.25, -0.2) is 14.8 Å². The second-order valence-corrected chi connectivity index (χ2v) is 15.8. The molecule has 0 spiro atoms. The molecule has 9 aromatic rings. The Morgan fingerprint density at radius 2 is 1.19 bits per heavy atom. The number of carbonyl (C=O) groups is 1. The number of ether oxygens (including phenoxy) is 5. The molecule has 5 aromatic heterocycles. The summed E-state index contributed by atoms with van der Waals surface area (Å²) in [5, 5.41) is 15.1. The predicted octanol–water partition coefficient (Wildman–Crippen LogP) is 6.74. The first kappa shape index (κ1) is 43.1. The van der Waals surface area contributed by atoms with Gasteiger partial charge in [-0.1, -0.05) is 60.7 Å². The number of esters is 1. The summed E-state index contributed by atoms with van der Waals surface area (Å²) >= 11 is 0. The molecule has 342 valence electrons. The van der Waals surface area contributed by atoms with E-state index in [1.54, 1.807) is 29.2 Å². The van der Waals surface area contributed by atoms with Crippen LogP contribution < -0.4 is 40.6 Å². The summed E-state index contributed by atoms with van der Waals surface area (Å²) in [6.07, 6.45) is 2.68. The summed E-state index contributed by atoms with van der Waals surface area (Å²) in [6.45, 7) is 7.05. The number of aryl methyl sites for hydroxylation is 1. The summed E-state index contributed by atoms with van der Waals surface area (Å²) in [7, 11) is 0. The molecule has 3 N–H and O–H groups in total. The van der Waals surface area contributed by atoms with Gasteiger partial charge >= 0.3 is 5.97 Å². The van der Waals surface area contributed by atoms with Crippen molar-refractivity contribution < 1.29 is 28.5 Å². The van der Waals surface area contributed by atoms with E-state index in [1.165, 1.54) is 6.20 Å². The molecule has 18 nitrogen and oxygen atoms in total. The number of H-pyrrole nitrogens is 1. The Hall–Kier alpha value is -8.80. The third-order valence-corrected chi connectivity index (χ3v) is 11.4. The van der Waals surface area contributed by atoms with Crippen molar-refractivity contribution in [2.45, 2.75) is 33.0 Å². The van der Waals surface area contributed by atoms with E-state index < -0.39 is 11.4 Å². The zero-order valence-electron chi connectivity index (χ0n) is 37.1. The minimum atomic E-state index is -0.668. The van der Waals surface area contributed by atoms with Gasteiger partial charge in [-0.05, 0) is 69.3 Å². The minimum absolute atomic E-state index is 0.0288. The van der Waals surface area contributed by atoms with Crippen LogP contribution in [0.15, 0.2) is 131 Å². The number of hydrogen-bond donors (Lipinski definition) is 3. The lowest BCUT2D eigenvalue weighted by atomic mass is 10.1. The largest absolute Gasteiger partial charge is 0.486 e. The number of carbonyl (C=O) groups excluding carboxylic acids is 1. The van der Waals surface area contributed by atoms with Crippen LogP contribution in [0.4, 0.5) is 11.9 Å². The maximum Gasteiger partial charge on any atom is 0.343 e. The van der Waals surface area contributed by atoms with Crippen molar-refractivity contribution in [3.05, 3.63) is 159 Å². The van der Waals surface area contributed by atoms with Crippen LogP contribution in [0, 0.1) is 13.8 Å². The monoisotopic (exact) mass is 912 g/mol. The fourth-order valence-electron chi connectivity index (χ4n) is 8.14. The van der Waals surface area contributed by atoms with E-state index in [0.29, 0.717) is 94.4 Å². The Morgan fingerprint density at radius 1 is 0.691 bits per heavy atom. The average Bonchev–Trinajstić information content (AvgIpc) is 3.77. The van der Waals surface area contributed by atoms with Crippen LogP contribution in [-0.2, 0) is 4.74 Å². The molecule has 7 heterocycles. The van der Waals surface area contributed by atoms with Gasteiger partial charge in [0.15, 0.2) is 34.3 Å². The van der Waals surface area contributed by atoms with Gasteiger partial charge in [0, 0.05) is 29.5 Å². The van der Waals surface area contributed by atoms with E-state index in [0.717, 1.165) is 17.1 Å². The summed E-state index contributed by atoms with van der Waals surface area (Å²) in [4.78, 5) is 57.4. The second kappa shape index (κ2) is 18.6. The van der Waals surface area contributed by atoms with Crippen LogP contribution in [-0.4, -0.2) is 90.4 Å². The fourth-order valence-corrected chi connectivity index (χ4v) is 8.14. The molecule has 2 atom stereocenters. The zero-order valence-corrected chi connectivity index (χ0v) is 37.1. The quantitative estimate of drug-likeness (QED) is 0.121.